The van der Waals surface area contributed by atoms with Crippen molar-refractivity contribution in [3.63, 3.8) is 0 Å². The van der Waals surface area contributed by atoms with Crippen LogP contribution in [0.4, 0.5) is 13.2 Å². The molecule has 1 saturated heterocycles. The Balaban J connectivity index is 1.31. The van der Waals surface area contributed by atoms with Gasteiger partial charge in [0.2, 0.25) is 0 Å². The van der Waals surface area contributed by atoms with E-state index in [0.717, 1.165) is 37.4 Å². The third kappa shape index (κ3) is 7.20. The number of hydrogen-bond donors (Lipinski definition) is 1. The number of methoxy groups -OCH3 is 1. The predicted molar refractivity (Wildman–Crippen MR) is 143 cm³/mol. The molecule has 3 aromatic rings. The molecular formula is C29H33F3N2O3S. The van der Waals surface area contributed by atoms with E-state index in [-0.39, 0.29) is 18.3 Å². The molecule has 1 aliphatic rings. The molecular weight excluding hydrogens is 513 g/mol. The smallest absolute Gasteiger partial charge is 0.303 e. The van der Waals surface area contributed by atoms with E-state index in [4.69, 9.17) is 4.74 Å². The summed E-state index contributed by atoms with van der Waals surface area (Å²) in [4.78, 5) is 18.4. The molecule has 204 valence electrons. The quantitative estimate of drug-likeness (QED) is 0.197. The second kappa shape index (κ2) is 13.3. The molecule has 2 heterocycles. The molecule has 4 rings (SSSR count). The van der Waals surface area contributed by atoms with Crippen LogP contribution in [0.25, 0.3) is 10.9 Å². The fourth-order valence-electron chi connectivity index (χ4n) is 5.32. The topological polar surface area (TPSA) is 62.7 Å². The van der Waals surface area contributed by atoms with Crippen molar-refractivity contribution in [2.45, 2.75) is 43.2 Å². The average molecular weight is 547 g/mol. The zero-order valence-electron chi connectivity index (χ0n) is 21.4. The molecule has 0 spiro atoms. The number of carboxylic acid groups (broad SMARTS) is 1. The van der Waals surface area contributed by atoms with E-state index in [1.165, 1.54) is 17.8 Å². The summed E-state index contributed by atoms with van der Waals surface area (Å²) >= 11 is 1.28. The lowest BCUT2D eigenvalue weighted by Gasteiger charge is -2.38. The van der Waals surface area contributed by atoms with Crippen molar-refractivity contribution < 1.29 is 27.8 Å². The monoisotopic (exact) mass is 546 g/mol. The first-order chi connectivity index (χ1) is 18.4. The summed E-state index contributed by atoms with van der Waals surface area (Å²) in [6.45, 7) is 2.21. The molecule has 1 N–H and O–H groups in total. The van der Waals surface area contributed by atoms with Gasteiger partial charge < -0.3 is 14.7 Å². The van der Waals surface area contributed by atoms with E-state index in [1.54, 1.807) is 37.6 Å². The van der Waals surface area contributed by atoms with Crippen LogP contribution in [0.1, 0.15) is 43.8 Å². The van der Waals surface area contributed by atoms with E-state index in [0.29, 0.717) is 46.9 Å². The number of aromatic nitrogens is 1. The Labute approximate surface area is 225 Å². The first-order valence-corrected chi connectivity index (χ1v) is 13.9. The van der Waals surface area contributed by atoms with Crippen molar-refractivity contribution in [2.75, 3.05) is 32.5 Å². The van der Waals surface area contributed by atoms with E-state index < -0.39 is 23.8 Å². The Hall–Kier alpha value is -2.78. The lowest BCUT2D eigenvalue weighted by molar-refractivity contribution is -0.139. The van der Waals surface area contributed by atoms with Gasteiger partial charge >= 0.3 is 5.97 Å². The Morgan fingerprint density at radius 1 is 1.24 bits per heavy atom. The molecule has 1 fully saturated rings. The first kappa shape index (κ1) is 28.2. The SMILES string of the molecule is COc1ccc2nccc(C(F)CC[C@@H]3CCN(CCCSc4cccc(F)c4F)C[C@@H]3CC(=O)O)c2c1. The lowest BCUT2D eigenvalue weighted by atomic mass is 9.79. The number of hydrogen-bond acceptors (Lipinski definition) is 5. The van der Waals surface area contributed by atoms with Crippen molar-refractivity contribution in [3.05, 3.63) is 65.9 Å². The van der Waals surface area contributed by atoms with Crippen molar-refractivity contribution in [2.24, 2.45) is 11.8 Å². The van der Waals surface area contributed by atoms with E-state index in [9.17, 15) is 18.7 Å². The standard InChI is InChI=1S/C29H33F3N2O3S/c1-37-21-7-9-26-23(17-21)22(10-12-33-26)24(30)8-6-19-11-14-34(18-20(19)16-28(35)36)13-3-15-38-27-5-2-4-25(31)29(27)32/h2,4-5,7,9-10,12,17,19-20,24H,3,6,8,11,13-16,18H2,1H3,(H,35,36)/t19-,20+,24?/m1/s1. The molecule has 9 heteroatoms. The number of piperidine rings is 1. The number of halogens is 3. The van der Waals surface area contributed by atoms with Crippen LogP contribution >= 0.6 is 11.8 Å². The van der Waals surface area contributed by atoms with Crippen molar-refractivity contribution in [1.29, 1.82) is 0 Å². The maximum absolute atomic E-state index is 15.5. The number of benzene rings is 2. The van der Waals surface area contributed by atoms with Crippen LogP contribution in [-0.4, -0.2) is 53.5 Å². The minimum absolute atomic E-state index is 0.0523. The van der Waals surface area contributed by atoms with Crippen LogP contribution in [0.3, 0.4) is 0 Å². The predicted octanol–water partition coefficient (Wildman–Crippen LogP) is 6.91. The van der Waals surface area contributed by atoms with Gasteiger partial charge in [-0.05, 0) is 98.3 Å². The molecule has 1 unspecified atom stereocenters. The number of nitrogens with zero attached hydrogens (tertiary/aromatic N) is 2. The van der Waals surface area contributed by atoms with Gasteiger partial charge in [0.25, 0.3) is 0 Å². The van der Waals surface area contributed by atoms with Crippen LogP contribution in [0.15, 0.2) is 53.6 Å². The Kier molecular flexibility index (Phi) is 9.91. The normalized spacial score (nSPS) is 18.9. The summed E-state index contributed by atoms with van der Waals surface area (Å²) in [6.07, 6.45) is 2.98. The summed E-state index contributed by atoms with van der Waals surface area (Å²) in [5.74, 6) is -1.16. The maximum atomic E-state index is 15.5. The van der Waals surface area contributed by atoms with E-state index in [1.807, 2.05) is 6.07 Å². The minimum atomic E-state index is -1.18. The third-order valence-electron chi connectivity index (χ3n) is 7.32. The molecule has 0 amide bonds. The third-order valence-corrected chi connectivity index (χ3v) is 8.43. The maximum Gasteiger partial charge on any atom is 0.303 e. The molecule has 0 radical (unpaired) electrons. The molecule has 3 atom stereocenters. The minimum Gasteiger partial charge on any atom is -0.497 e. The zero-order chi connectivity index (χ0) is 27.1. The molecule has 0 bridgehead atoms. The summed E-state index contributed by atoms with van der Waals surface area (Å²) in [6, 6.07) is 11.3. The fourth-order valence-corrected chi connectivity index (χ4v) is 6.22. The van der Waals surface area contributed by atoms with Gasteiger partial charge in [0.15, 0.2) is 11.6 Å². The molecule has 5 nitrogen and oxygen atoms in total. The Morgan fingerprint density at radius 3 is 2.87 bits per heavy atom. The van der Waals surface area contributed by atoms with Crippen LogP contribution in [0, 0.1) is 23.5 Å². The molecule has 0 aliphatic carbocycles. The fraction of sp³-hybridized carbons (Fsp3) is 0.448. The van der Waals surface area contributed by atoms with Gasteiger partial charge in [-0.15, -0.1) is 11.8 Å². The number of carbonyl (C=O) groups is 1. The number of pyridine rings is 1. The number of thioether (sulfide) groups is 1. The first-order valence-electron chi connectivity index (χ1n) is 12.9. The Morgan fingerprint density at radius 2 is 2.08 bits per heavy atom. The molecule has 0 saturated carbocycles. The highest BCUT2D eigenvalue weighted by Gasteiger charge is 2.31. The van der Waals surface area contributed by atoms with E-state index in [2.05, 4.69) is 9.88 Å². The Bertz CT molecular complexity index is 1240. The number of carboxylic acids is 1. The van der Waals surface area contributed by atoms with Gasteiger partial charge in [-0.3, -0.25) is 9.78 Å². The molecule has 38 heavy (non-hydrogen) atoms. The second-order valence-electron chi connectivity index (χ2n) is 9.79. The van der Waals surface area contributed by atoms with Crippen LogP contribution in [0.5, 0.6) is 5.75 Å². The number of likely N-dealkylation sites (tertiary alicyclic amines) is 1. The average Bonchev–Trinajstić information content (AvgIpc) is 2.91. The zero-order valence-corrected chi connectivity index (χ0v) is 22.2. The van der Waals surface area contributed by atoms with Crippen LogP contribution in [0.2, 0.25) is 0 Å². The lowest BCUT2D eigenvalue weighted by Crippen LogP contribution is -2.42. The number of rotatable bonds is 12. The largest absolute Gasteiger partial charge is 0.497 e. The van der Waals surface area contributed by atoms with Gasteiger partial charge in [-0.1, -0.05) is 6.07 Å². The van der Waals surface area contributed by atoms with Crippen molar-refractivity contribution in [1.82, 2.24) is 9.88 Å². The van der Waals surface area contributed by atoms with Crippen LogP contribution in [-0.2, 0) is 4.79 Å². The summed E-state index contributed by atoms with van der Waals surface area (Å²) in [7, 11) is 1.57. The van der Waals surface area contributed by atoms with Gasteiger partial charge in [0.1, 0.15) is 11.9 Å². The van der Waals surface area contributed by atoms with Gasteiger partial charge in [0, 0.05) is 29.4 Å². The highest BCUT2D eigenvalue weighted by atomic mass is 32.2. The van der Waals surface area contributed by atoms with Crippen molar-refractivity contribution >= 4 is 28.6 Å². The number of alkyl halides is 1. The summed E-state index contributed by atoms with van der Waals surface area (Å²) < 4.78 is 48.0. The molecule has 2 aromatic carbocycles. The van der Waals surface area contributed by atoms with Crippen LogP contribution < -0.4 is 4.74 Å². The summed E-state index contributed by atoms with van der Waals surface area (Å²) in [5, 5.41) is 10.2. The van der Waals surface area contributed by atoms with Gasteiger partial charge in [0.05, 0.1) is 12.6 Å². The highest BCUT2D eigenvalue weighted by Crippen LogP contribution is 2.36. The highest BCUT2D eigenvalue weighted by molar-refractivity contribution is 7.99. The van der Waals surface area contributed by atoms with E-state index >= 15 is 4.39 Å². The molecule has 1 aromatic heterocycles. The second-order valence-corrected chi connectivity index (χ2v) is 10.9. The van der Waals surface area contributed by atoms with Gasteiger partial charge in [-0.2, -0.15) is 0 Å². The number of aliphatic carboxylic acids is 1. The van der Waals surface area contributed by atoms with Gasteiger partial charge in [-0.25, -0.2) is 13.2 Å². The van der Waals surface area contributed by atoms with Crippen molar-refractivity contribution in [3.8, 4) is 5.75 Å². The number of fused-ring (bicyclic) bond motifs is 1. The summed E-state index contributed by atoms with van der Waals surface area (Å²) in [5.41, 5.74) is 1.29. The number of ether oxygens (including phenoxy) is 1. The molecule has 1 aliphatic heterocycles.